The standard InChI is InChI=1S/C27H34N4O2.C2HF3O2/c1-3-4-5-10-16-31-27(33)24-14-9-8-13-23(24)25(29-31)26(32)28-18-20(2)30-17-15-21-11-6-7-12-22(21)19-30;3-2(4,5)1(6)7/h6-9,11-14,20H,3-5,10,15-19H2,1-2H3,(H,28,32);(H,6,7). The van der Waals surface area contributed by atoms with Gasteiger partial charge in [-0.3, -0.25) is 14.5 Å². The molecule has 0 bridgehead atoms. The number of carboxylic acids is 1. The highest BCUT2D eigenvalue weighted by molar-refractivity contribution is 6.04. The van der Waals surface area contributed by atoms with Gasteiger partial charge in [0.2, 0.25) is 0 Å². The van der Waals surface area contributed by atoms with Crippen LogP contribution in [0.5, 0.6) is 0 Å². The number of benzene rings is 2. The molecule has 8 nitrogen and oxygen atoms in total. The van der Waals surface area contributed by atoms with Crippen LogP contribution in [0.15, 0.2) is 53.3 Å². The number of halogens is 3. The van der Waals surface area contributed by atoms with Crippen LogP contribution in [-0.2, 0) is 24.3 Å². The molecule has 0 spiro atoms. The van der Waals surface area contributed by atoms with Crippen LogP contribution in [0.1, 0.15) is 61.1 Å². The summed E-state index contributed by atoms with van der Waals surface area (Å²) in [6.45, 7) is 7.26. The zero-order valence-corrected chi connectivity index (χ0v) is 22.7. The van der Waals surface area contributed by atoms with E-state index in [9.17, 15) is 22.8 Å². The van der Waals surface area contributed by atoms with Crippen LogP contribution in [0, 0.1) is 0 Å². The molecule has 0 saturated heterocycles. The van der Waals surface area contributed by atoms with E-state index in [-0.39, 0.29) is 17.5 Å². The third-order valence-corrected chi connectivity index (χ3v) is 6.89. The summed E-state index contributed by atoms with van der Waals surface area (Å²) in [7, 11) is 0. The van der Waals surface area contributed by atoms with E-state index in [4.69, 9.17) is 9.90 Å². The molecule has 216 valence electrons. The predicted octanol–water partition coefficient (Wildman–Crippen LogP) is 4.79. The highest BCUT2D eigenvalue weighted by Gasteiger charge is 2.38. The van der Waals surface area contributed by atoms with Crippen LogP contribution in [0.25, 0.3) is 10.8 Å². The number of hydrogen-bond acceptors (Lipinski definition) is 5. The van der Waals surface area contributed by atoms with Crippen molar-refractivity contribution in [3.8, 4) is 0 Å². The Morgan fingerprint density at radius 3 is 2.30 bits per heavy atom. The number of carboxylic acid groups (broad SMARTS) is 1. The molecule has 11 heteroatoms. The molecule has 2 heterocycles. The number of alkyl halides is 3. The van der Waals surface area contributed by atoms with Gasteiger partial charge in [0, 0.05) is 37.6 Å². The molecule has 0 fully saturated rings. The number of unbranched alkanes of at least 4 members (excludes halogenated alkanes) is 3. The topological polar surface area (TPSA) is 105 Å². The number of hydrogen-bond donors (Lipinski definition) is 2. The fourth-order valence-corrected chi connectivity index (χ4v) is 4.59. The summed E-state index contributed by atoms with van der Waals surface area (Å²) in [5.41, 5.74) is 2.99. The minimum atomic E-state index is -5.08. The average molecular weight is 561 g/mol. The highest BCUT2D eigenvalue weighted by Crippen LogP contribution is 2.20. The number of aliphatic carboxylic acids is 1. The Hall–Kier alpha value is -3.73. The normalized spacial score (nSPS) is 14.1. The molecule has 0 aliphatic carbocycles. The number of aromatic nitrogens is 2. The van der Waals surface area contributed by atoms with E-state index in [0.717, 1.165) is 45.2 Å². The number of amides is 1. The Labute approximate surface area is 230 Å². The Morgan fingerprint density at radius 1 is 1.02 bits per heavy atom. The van der Waals surface area contributed by atoms with E-state index >= 15 is 0 Å². The van der Waals surface area contributed by atoms with Gasteiger partial charge < -0.3 is 10.4 Å². The van der Waals surface area contributed by atoms with E-state index in [1.54, 1.807) is 6.07 Å². The first-order chi connectivity index (χ1) is 19.0. The number of aryl methyl sites for hydroxylation is 1. The lowest BCUT2D eigenvalue weighted by Crippen LogP contribution is -2.44. The first-order valence-corrected chi connectivity index (χ1v) is 13.4. The molecule has 1 amide bonds. The van der Waals surface area contributed by atoms with Gasteiger partial charge in [0.25, 0.3) is 11.5 Å². The van der Waals surface area contributed by atoms with Crippen LogP contribution >= 0.6 is 0 Å². The lowest BCUT2D eigenvalue weighted by Gasteiger charge is -2.33. The Balaban J connectivity index is 0.000000559. The van der Waals surface area contributed by atoms with Crippen molar-refractivity contribution in [2.24, 2.45) is 0 Å². The number of nitrogens with zero attached hydrogens (tertiary/aromatic N) is 3. The molecule has 0 saturated carbocycles. The lowest BCUT2D eigenvalue weighted by atomic mass is 9.99. The summed E-state index contributed by atoms with van der Waals surface area (Å²) in [6, 6.07) is 16.1. The molecule has 1 aliphatic rings. The van der Waals surface area contributed by atoms with Crippen molar-refractivity contribution in [1.29, 1.82) is 0 Å². The van der Waals surface area contributed by atoms with Crippen LogP contribution in [0.3, 0.4) is 0 Å². The minimum Gasteiger partial charge on any atom is -0.475 e. The van der Waals surface area contributed by atoms with Gasteiger partial charge in [0.05, 0.1) is 5.39 Å². The Morgan fingerprint density at radius 2 is 1.65 bits per heavy atom. The molecule has 1 aromatic heterocycles. The predicted molar refractivity (Wildman–Crippen MR) is 146 cm³/mol. The largest absolute Gasteiger partial charge is 0.490 e. The van der Waals surface area contributed by atoms with Crippen LogP contribution in [0.4, 0.5) is 13.2 Å². The van der Waals surface area contributed by atoms with Crippen LogP contribution in [-0.4, -0.2) is 57.0 Å². The maximum atomic E-state index is 13.2. The van der Waals surface area contributed by atoms with Gasteiger partial charge in [-0.2, -0.15) is 18.3 Å². The third kappa shape index (κ3) is 8.14. The zero-order chi connectivity index (χ0) is 29.3. The van der Waals surface area contributed by atoms with Gasteiger partial charge in [-0.15, -0.1) is 0 Å². The smallest absolute Gasteiger partial charge is 0.475 e. The van der Waals surface area contributed by atoms with Crippen molar-refractivity contribution >= 4 is 22.6 Å². The Bertz CT molecular complexity index is 1370. The van der Waals surface area contributed by atoms with Crippen molar-refractivity contribution in [2.45, 2.75) is 71.3 Å². The van der Waals surface area contributed by atoms with Crippen molar-refractivity contribution in [2.75, 3.05) is 13.1 Å². The molecule has 1 aliphatic heterocycles. The maximum absolute atomic E-state index is 13.2. The van der Waals surface area contributed by atoms with Crippen molar-refractivity contribution < 1.29 is 27.9 Å². The number of carbonyl (C=O) groups excluding carboxylic acids is 1. The molecule has 2 N–H and O–H groups in total. The van der Waals surface area contributed by atoms with E-state index in [1.807, 2.05) is 18.2 Å². The third-order valence-electron chi connectivity index (χ3n) is 6.89. The van der Waals surface area contributed by atoms with Crippen molar-refractivity contribution in [1.82, 2.24) is 20.0 Å². The first kappa shape index (κ1) is 30.8. The molecule has 3 aromatic rings. The second kappa shape index (κ2) is 14.1. The molecular weight excluding hydrogens is 525 g/mol. The fraction of sp³-hybridized carbons (Fsp3) is 0.448. The van der Waals surface area contributed by atoms with Crippen molar-refractivity contribution in [3.05, 3.63) is 75.7 Å². The number of nitrogens with one attached hydrogen (secondary N) is 1. The summed E-state index contributed by atoms with van der Waals surface area (Å²) in [5, 5.41) is 15.9. The summed E-state index contributed by atoms with van der Waals surface area (Å²) in [4.78, 5) is 37.4. The highest BCUT2D eigenvalue weighted by atomic mass is 19.4. The maximum Gasteiger partial charge on any atom is 0.490 e. The number of fused-ring (bicyclic) bond motifs is 2. The fourth-order valence-electron chi connectivity index (χ4n) is 4.59. The summed E-state index contributed by atoms with van der Waals surface area (Å²) < 4.78 is 33.2. The summed E-state index contributed by atoms with van der Waals surface area (Å²) in [6.07, 6.45) is 0.149. The molecule has 40 heavy (non-hydrogen) atoms. The molecule has 1 atom stereocenters. The van der Waals surface area contributed by atoms with E-state index < -0.39 is 12.1 Å². The van der Waals surface area contributed by atoms with Crippen molar-refractivity contribution in [3.63, 3.8) is 0 Å². The van der Waals surface area contributed by atoms with Gasteiger partial charge in [0.15, 0.2) is 5.69 Å². The SMILES string of the molecule is CCCCCCn1nc(C(=O)NCC(C)N2CCc3ccccc3C2)c2ccccc2c1=O.O=C(O)C(F)(F)F. The number of rotatable bonds is 9. The van der Waals surface area contributed by atoms with E-state index in [1.165, 1.54) is 15.8 Å². The summed E-state index contributed by atoms with van der Waals surface area (Å²) >= 11 is 0. The molecule has 0 radical (unpaired) electrons. The molecule has 1 unspecified atom stereocenters. The van der Waals surface area contributed by atoms with Gasteiger partial charge in [-0.05, 0) is 37.0 Å². The van der Waals surface area contributed by atoms with Gasteiger partial charge in [0.1, 0.15) is 0 Å². The monoisotopic (exact) mass is 560 g/mol. The molecule has 4 rings (SSSR count). The van der Waals surface area contributed by atoms with Crippen LogP contribution in [0.2, 0.25) is 0 Å². The Kier molecular flexibility index (Phi) is 10.8. The quantitative estimate of drug-likeness (QED) is 0.365. The molecule has 2 aromatic carbocycles. The molecular formula is C29H35F3N4O4. The first-order valence-electron chi connectivity index (χ1n) is 13.4. The van der Waals surface area contributed by atoms with Gasteiger partial charge in [-0.25, -0.2) is 9.48 Å². The van der Waals surface area contributed by atoms with E-state index in [2.05, 4.69) is 53.4 Å². The van der Waals surface area contributed by atoms with Gasteiger partial charge >= 0.3 is 12.1 Å². The average Bonchev–Trinajstić information content (AvgIpc) is 2.94. The second-order valence-corrected chi connectivity index (χ2v) is 9.83. The lowest BCUT2D eigenvalue weighted by molar-refractivity contribution is -0.192. The zero-order valence-electron chi connectivity index (χ0n) is 22.7. The minimum absolute atomic E-state index is 0.126. The number of carbonyl (C=O) groups is 2. The van der Waals surface area contributed by atoms with Crippen LogP contribution < -0.4 is 10.9 Å². The summed E-state index contributed by atoms with van der Waals surface area (Å²) in [5.74, 6) is -2.98. The van der Waals surface area contributed by atoms with Gasteiger partial charge in [-0.1, -0.05) is 68.7 Å². The van der Waals surface area contributed by atoms with E-state index in [0.29, 0.717) is 29.6 Å². The second-order valence-electron chi connectivity index (χ2n) is 9.83.